The third-order valence-electron chi connectivity index (χ3n) is 2.41. The lowest BCUT2D eigenvalue weighted by Crippen LogP contribution is -2.30. The van der Waals surface area contributed by atoms with Crippen molar-refractivity contribution in [2.45, 2.75) is 18.9 Å². The van der Waals surface area contributed by atoms with Gasteiger partial charge in [0, 0.05) is 13.0 Å². The van der Waals surface area contributed by atoms with Gasteiger partial charge in [-0.05, 0) is 12.1 Å². The highest BCUT2D eigenvalue weighted by Crippen LogP contribution is 2.33. The number of carbonyl (C=O) groups is 1. The van der Waals surface area contributed by atoms with E-state index in [1.54, 1.807) is 0 Å². The maximum Gasteiger partial charge on any atom is 0.377 e. The van der Waals surface area contributed by atoms with Crippen molar-refractivity contribution in [3.8, 4) is 0 Å². The average Bonchev–Trinajstić information content (AvgIpc) is 2.85. The highest BCUT2D eigenvalue weighted by Gasteiger charge is 2.43. The molecule has 1 aliphatic rings. The Labute approximate surface area is 91.3 Å². The fraction of sp³-hybridized carbons (Fsp3) is 0.667. The van der Waals surface area contributed by atoms with Gasteiger partial charge in [0.25, 0.3) is 11.7 Å². The van der Waals surface area contributed by atoms with Crippen LogP contribution in [-0.4, -0.2) is 41.0 Å². The number of hydrogen-bond donors (Lipinski definition) is 1. The van der Waals surface area contributed by atoms with E-state index in [0.717, 1.165) is 0 Å². The quantitative estimate of drug-likeness (QED) is 0.797. The molecule has 0 radical (unpaired) electrons. The van der Waals surface area contributed by atoms with E-state index in [0.29, 0.717) is 26.2 Å². The topological polar surface area (TPSA) is 94.7 Å². The maximum atomic E-state index is 10.6. The molecule has 1 unspecified atom stereocenters. The second kappa shape index (κ2) is 4.18. The van der Waals surface area contributed by atoms with Gasteiger partial charge in [0.2, 0.25) is 0 Å². The third kappa shape index (κ3) is 1.79. The summed E-state index contributed by atoms with van der Waals surface area (Å²) in [7, 11) is 0. The average molecular weight is 228 g/mol. The lowest BCUT2D eigenvalue weighted by Gasteiger charge is -2.22. The molecule has 0 saturated carbocycles. The minimum absolute atomic E-state index is 0.171. The van der Waals surface area contributed by atoms with E-state index in [9.17, 15) is 4.79 Å². The predicted octanol–water partition coefficient (Wildman–Crippen LogP) is 0.420. The molecule has 0 aromatic carbocycles. The van der Waals surface area contributed by atoms with Gasteiger partial charge in [-0.2, -0.15) is 4.98 Å². The Morgan fingerprint density at radius 3 is 3.00 bits per heavy atom. The second-order valence-corrected chi connectivity index (χ2v) is 3.46. The predicted molar refractivity (Wildman–Crippen MR) is 50.0 cm³/mol. The molecule has 88 valence electrons. The number of nitrogens with zero attached hydrogens (tertiary/aromatic N) is 2. The number of rotatable bonds is 4. The molecule has 1 aliphatic heterocycles. The normalized spacial score (nSPS) is 24.8. The van der Waals surface area contributed by atoms with Crippen molar-refractivity contribution >= 4 is 5.97 Å². The number of aromatic carboxylic acids is 1. The Balaban J connectivity index is 2.28. The Morgan fingerprint density at radius 2 is 2.50 bits per heavy atom. The summed E-state index contributed by atoms with van der Waals surface area (Å²) in [6.07, 6.45) is 0.585. The van der Waals surface area contributed by atoms with E-state index in [1.807, 2.05) is 6.92 Å². The Morgan fingerprint density at radius 1 is 1.69 bits per heavy atom. The van der Waals surface area contributed by atoms with Crippen molar-refractivity contribution in [2.75, 3.05) is 19.8 Å². The minimum atomic E-state index is -1.22. The van der Waals surface area contributed by atoms with Crippen LogP contribution in [-0.2, 0) is 15.1 Å². The van der Waals surface area contributed by atoms with Crippen molar-refractivity contribution in [1.82, 2.24) is 10.1 Å². The summed E-state index contributed by atoms with van der Waals surface area (Å²) in [5.41, 5.74) is -0.782. The minimum Gasteiger partial charge on any atom is -0.475 e. The van der Waals surface area contributed by atoms with Gasteiger partial charge >= 0.3 is 5.97 Å². The summed E-state index contributed by atoms with van der Waals surface area (Å²) in [6, 6.07) is 0. The van der Waals surface area contributed by atoms with Gasteiger partial charge in [-0.25, -0.2) is 4.79 Å². The monoisotopic (exact) mass is 228 g/mol. The third-order valence-corrected chi connectivity index (χ3v) is 2.41. The summed E-state index contributed by atoms with van der Waals surface area (Å²) < 4.78 is 15.7. The van der Waals surface area contributed by atoms with Crippen LogP contribution in [0.3, 0.4) is 0 Å². The first kappa shape index (κ1) is 11.0. The van der Waals surface area contributed by atoms with E-state index in [4.69, 9.17) is 19.1 Å². The van der Waals surface area contributed by atoms with Crippen LogP contribution in [0.15, 0.2) is 4.52 Å². The summed E-state index contributed by atoms with van der Waals surface area (Å²) in [4.78, 5) is 14.4. The molecule has 2 heterocycles. The number of hydrogen-bond acceptors (Lipinski definition) is 6. The first-order valence-corrected chi connectivity index (χ1v) is 4.97. The molecule has 1 aromatic rings. The van der Waals surface area contributed by atoms with E-state index < -0.39 is 11.6 Å². The smallest absolute Gasteiger partial charge is 0.377 e. The molecule has 7 heteroatoms. The van der Waals surface area contributed by atoms with E-state index in [1.165, 1.54) is 0 Å². The summed E-state index contributed by atoms with van der Waals surface area (Å²) in [5, 5.41) is 12.1. The number of aromatic nitrogens is 2. The highest BCUT2D eigenvalue weighted by atomic mass is 16.6. The molecule has 1 fully saturated rings. The van der Waals surface area contributed by atoms with Crippen LogP contribution in [0.4, 0.5) is 0 Å². The van der Waals surface area contributed by atoms with Crippen molar-refractivity contribution in [3.63, 3.8) is 0 Å². The largest absolute Gasteiger partial charge is 0.475 e. The van der Waals surface area contributed by atoms with Crippen molar-refractivity contribution < 1.29 is 23.9 Å². The molecular formula is C9H12N2O5. The molecule has 1 aromatic heterocycles. The zero-order valence-electron chi connectivity index (χ0n) is 8.80. The van der Waals surface area contributed by atoms with Crippen LogP contribution in [0.2, 0.25) is 0 Å². The van der Waals surface area contributed by atoms with Gasteiger partial charge in [-0.3, -0.25) is 0 Å². The van der Waals surface area contributed by atoms with Crippen molar-refractivity contribution in [2.24, 2.45) is 0 Å². The van der Waals surface area contributed by atoms with Gasteiger partial charge in [0.15, 0.2) is 5.60 Å². The first-order valence-electron chi connectivity index (χ1n) is 4.97. The molecule has 1 N–H and O–H groups in total. The zero-order chi connectivity index (χ0) is 11.6. The molecule has 16 heavy (non-hydrogen) atoms. The lowest BCUT2D eigenvalue weighted by molar-refractivity contribution is -0.0687. The van der Waals surface area contributed by atoms with Crippen LogP contribution in [0, 0.1) is 0 Å². The molecule has 7 nitrogen and oxygen atoms in total. The fourth-order valence-corrected chi connectivity index (χ4v) is 1.66. The first-order chi connectivity index (χ1) is 7.68. The second-order valence-electron chi connectivity index (χ2n) is 3.46. The van der Waals surface area contributed by atoms with Gasteiger partial charge in [-0.15, -0.1) is 0 Å². The van der Waals surface area contributed by atoms with Gasteiger partial charge < -0.3 is 19.1 Å². The zero-order valence-corrected chi connectivity index (χ0v) is 8.80. The molecule has 2 rings (SSSR count). The molecule has 0 spiro atoms. The Bertz CT molecular complexity index is 383. The Hall–Kier alpha value is -1.47. The van der Waals surface area contributed by atoms with Crippen molar-refractivity contribution in [1.29, 1.82) is 0 Å². The molecule has 0 aliphatic carbocycles. The van der Waals surface area contributed by atoms with Crippen LogP contribution in [0.25, 0.3) is 0 Å². The molecule has 0 bridgehead atoms. The number of carboxylic acid groups (broad SMARTS) is 1. The lowest BCUT2D eigenvalue weighted by atomic mass is 10.0. The number of carboxylic acids is 1. The molecular weight excluding hydrogens is 216 g/mol. The van der Waals surface area contributed by atoms with Crippen LogP contribution in [0.1, 0.15) is 29.9 Å². The standard InChI is InChI=1S/C9H12N2O5/c1-2-15-9(3-4-14-5-9)8-10-6(7(12)13)11-16-8/h2-5H2,1H3,(H,12,13). The molecule has 1 saturated heterocycles. The SMILES string of the molecule is CCOC1(c2nc(C(=O)O)no2)CCOC1. The van der Waals surface area contributed by atoms with Gasteiger partial charge in [0.1, 0.15) is 0 Å². The van der Waals surface area contributed by atoms with Gasteiger partial charge in [-0.1, -0.05) is 0 Å². The highest BCUT2D eigenvalue weighted by molar-refractivity contribution is 5.82. The summed E-state index contributed by atoms with van der Waals surface area (Å²) >= 11 is 0. The summed E-state index contributed by atoms with van der Waals surface area (Å²) in [5.74, 6) is -1.41. The number of ether oxygens (including phenoxy) is 2. The van der Waals surface area contributed by atoms with Gasteiger partial charge in [0.05, 0.1) is 13.2 Å². The van der Waals surface area contributed by atoms with Crippen LogP contribution < -0.4 is 0 Å². The van der Waals surface area contributed by atoms with Crippen LogP contribution >= 0.6 is 0 Å². The molecule has 1 atom stereocenters. The van der Waals surface area contributed by atoms with E-state index in [-0.39, 0.29) is 11.7 Å². The van der Waals surface area contributed by atoms with Crippen molar-refractivity contribution in [3.05, 3.63) is 11.7 Å². The van der Waals surface area contributed by atoms with E-state index in [2.05, 4.69) is 10.1 Å². The molecule has 0 amide bonds. The van der Waals surface area contributed by atoms with Crippen LogP contribution in [0.5, 0.6) is 0 Å². The fourth-order valence-electron chi connectivity index (χ4n) is 1.66. The van der Waals surface area contributed by atoms with E-state index >= 15 is 0 Å². The summed E-state index contributed by atoms with van der Waals surface area (Å²) in [6.45, 7) is 3.15. The maximum absolute atomic E-state index is 10.6. The Kier molecular flexibility index (Phi) is 2.88.